The van der Waals surface area contributed by atoms with E-state index < -0.39 is 0 Å². The van der Waals surface area contributed by atoms with Gasteiger partial charge in [-0.3, -0.25) is 9.20 Å². The van der Waals surface area contributed by atoms with E-state index in [2.05, 4.69) is 28.5 Å². The van der Waals surface area contributed by atoms with E-state index in [0.29, 0.717) is 19.4 Å². The van der Waals surface area contributed by atoms with Gasteiger partial charge in [-0.1, -0.05) is 19.4 Å². The zero-order chi connectivity index (χ0) is 24.0. The fraction of sp³-hybridized carbons (Fsp3) is 0.308. The number of unbranched alkanes of at least 4 members (excludes halogenated alkanes) is 1. The minimum atomic E-state index is 0.0214. The highest BCUT2D eigenvalue weighted by atomic mass is 32.1. The Balaban J connectivity index is 1.25. The third kappa shape index (κ3) is 5.35. The van der Waals surface area contributed by atoms with Gasteiger partial charge in [0.25, 0.3) is 0 Å². The number of hydrogen-bond acceptors (Lipinski definition) is 6. The average Bonchev–Trinajstić information content (AvgIpc) is 3.62. The van der Waals surface area contributed by atoms with Gasteiger partial charge < -0.3 is 10.1 Å². The SMILES string of the molecule is CCCCOc1ccc(-c2cc3c4nnc(CCC(=O)NCCc5cccs5)n4ccn3n2)cc1. The van der Waals surface area contributed by atoms with E-state index in [1.807, 2.05) is 63.1 Å². The van der Waals surface area contributed by atoms with Crippen LogP contribution in [-0.2, 0) is 17.6 Å². The topological polar surface area (TPSA) is 85.8 Å². The Bertz CT molecular complexity index is 1410. The van der Waals surface area contributed by atoms with E-state index in [1.165, 1.54) is 4.88 Å². The number of carbonyl (C=O) groups excluding carboxylic acids is 1. The van der Waals surface area contributed by atoms with Crippen molar-refractivity contribution in [3.8, 4) is 17.0 Å². The summed E-state index contributed by atoms with van der Waals surface area (Å²) in [7, 11) is 0. The fourth-order valence-electron chi connectivity index (χ4n) is 3.92. The summed E-state index contributed by atoms with van der Waals surface area (Å²) in [5.41, 5.74) is 3.45. The van der Waals surface area contributed by atoms with Gasteiger partial charge in [-0.2, -0.15) is 5.10 Å². The number of carbonyl (C=O) groups is 1. The van der Waals surface area contributed by atoms with Crippen LogP contribution in [0.3, 0.4) is 0 Å². The lowest BCUT2D eigenvalue weighted by Crippen LogP contribution is -2.25. The van der Waals surface area contributed by atoms with Crippen molar-refractivity contribution in [1.82, 2.24) is 29.5 Å². The van der Waals surface area contributed by atoms with Crippen molar-refractivity contribution in [3.63, 3.8) is 0 Å². The van der Waals surface area contributed by atoms with Gasteiger partial charge in [-0.25, -0.2) is 4.52 Å². The Morgan fingerprint density at radius 3 is 2.80 bits per heavy atom. The Morgan fingerprint density at radius 1 is 1.11 bits per heavy atom. The highest BCUT2D eigenvalue weighted by Gasteiger charge is 2.14. The van der Waals surface area contributed by atoms with Gasteiger partial charge in [0.2, 0.25) is 5.91 Å². The van der Waals surface area contributed by atoms with E-state index in [9.17, 15) is 4.79 Å². The van der Waals surface area contributed by atoms with Crippen LogP contribution < -0.4 is 10.1 Å². The Morgan fingerprint density at radius 2 is 2.00 bits per heavy atom. The van der Waals surface area contributed by atoms with Crippen LogP contribution in [0.25, 0.3) is 22.4 Å². The van der Waals surface area contributed by atoms with Crippen molar-refractivity contribution in [1.29, 1.82) is 0 Å². The van der Waals surface area contributed by atoms with Gasteiger partial charge in [0.05, 0.1) is 12.3 Å². The molecule has 5 aromatic rings. The summed E-state index contributed by atoms with van der Waals surface area (Å²) < 4.78 is 9.51. The summed E-state index contributed by atoms with van der Waals surface area (Å²) >= 11 is 1.71. The normalized spacial score (nSPS) is 11.3. The first-order valence-corrected chi connectivity index (χ1v) is 12.8. The number of rotatable bonds is 11. The van der Waals surface area contributed by atoms with Gasteiger partial charge in [0.15, 0.2) is 5.65 Å². The number of aryl methyl sites for hydroxylation is 1. The molecule has 0 aliphatic heterocycles. The molecule has 5 rings (SSSR count). The summed E-state index contributed by atoms with van der Waals surface area (Å²) in [6.07, 6.45) is 7.69. The molecule has 4 heterocycles. The largest absolute Gasteiger partial charge is 0.494 e. The predicted molar refractivity (Wildman–Crippen MR) is 137 cm³/mol. The van der Waals surface area contributed by atoms with Crippen LogP contribution in [0.5, 0.6) is 5.75 Å². The molecule has 0 fully saturated rings. The van der Waals surface area contributed by atoms with Crippen molar-refractivity contribution >= 4 is 28.4 Å². The van der Waals surface area contributed by atoms with Crippen molar-refractivity contribution < 1.29 is 9.53 Å². The highest BCUT2D eigenvalue weighted by Crippen LogP contribution is 2.24. The molecule has 0 radical (unpaired) electrons. The molecule has 0 unspecified atom stereocenters. The molecule has 0 saturated heterocycles. The van der Waals surface area contributed by atoms with E-state index in [4.69, 9.17) is 9.84 Å². The molecule has 8 nitrogen and oxygen atoms in total. The Hall–Kier alpha value is -3.72. The van der Waals surface area contributed by atoms with Crippen molar-refractivity contribution in [2.75, 3.05) is 13.2 Å². The van der Waals surface area contributed by atoms with E-state index in [-0.39, 0.29) is 5.91 Å². The zero-order valence-corrected chi connectivity index (χ0v) is 20.5. The number of thiophene rings is 1. The van der Waals surface area contributed by atoms with Crippen molar-refractivity contribution in [3.05, 3.63) is 70.9 Å². The molecular formula is C26H28N6O2S. The first-order chi connectivity index (χ1) is 17.2. The van der Waals surface area contributed by atoms with Crippen LogP contribution in [-0.4, -0.2) is 43.3 Å². The number of hydrogen-bond donors (Lipinski definition) is 1. The maximum absolute atomic E-state index is 12.3. The van der Waals surface area contributed by atoms with Gasteiger partial charge in [-0.15, -0.1) is 21.5 Å². The molecule has 9 heteroatoms. The lowest BCUT2D eigenvalue weighted by atomic mass is 10.1. The first-order valence-electron chi connectivity index (χ1n) is 12.0. The van der Waals surface area contributed by atoms with Crippen LogP contribution in [0.1, 0.15) is 36.9 Å². The average molecular weight is 489 g/mol. The van der Waals surface area contributed by atoms with Gasteiger partial charge in [-0.05, 0) is 54.6 Å². The van der Waals surface area contributed by atoms with Gasteiger partial charge in [0, 0.05) is 42.2 Å². The van der Waals surface area contributed by atoms with Crippen LogP contribution in [0.15, 0.2) is 60.2 Å². The van der Waals surface area contributed by atoms with E-state index >= 15 is 0 Å². The summed E-state index contributed by atoms with van der Waals surface area (Å²) in [5, 5.41) is 18.5. The Labute approximate surface area is 207 Å². The first kappa shape index (κ1) is 23.0. The summed E-state index contributed by atoms with van der Waals surface area (Å²) in [5.74, 6) is 1.64. The summed E-state index contributed by atoms with van der Waals surface area (Å²) in [4.78, 5) is 13.6. The summed E-state index contributed by atoms with van der Waals surface area (Å²) in [6, 6.07) is 14.1. The molecule has 0 aliphatic carbocycles. The van der Waals surface area contributed by atoms with Crippen molar-refractivity contribution in [2.45, 2.75) is 39.0 Å². The molecule has 35 heavy (non-hydrogen) atoms. The monoisotopic (exact) mass is 488 g/mol. The number of amides is 1. The molecule has 1 N–H and O–H groups in total. The number of nitrogens with one attached hydrogen (secondary N) is 1. The van der Waals surface area contributed by atoms with E-state index in [1.54, 1.807) is 11.3 Å². The molecule has 0 aliphatic rings. The number of ether oxygens (including phenoxy) is 1. The maximum Gasteiger partial charge on any atom is 0.220 e. The number of fused-ring (bicyclic) bond motifs is 3. The standard InChI is InChI=1S/C26H28N6O2S/c1-2-3-16-34-20-8-6-19(7-9-20)22-18-23-26-29-28-24(31(26)14-15-32(23)30-22)10-11-25(33)27-13-12-21-5-4-17-35-21/h4-9,14-15,17-18H,2-3,10-13,16H2,1H3,(H,27,33). The third-order valence-electron chi connectivity index (χ3n) is 5.85. The van der Waals surface area contributed by atoms with E-state index in [0.717, 1.165) is 59.9 Å². The molecule has 1 aromatic carbocycles. The minimum absolute atomic E-state index is 0.0214. The second-order valence-electron chi connectivity index (χ2n) is 8.37. The smallest absolute Gasteiger partial charge is 0.220 e. The third-order valence-corrected chi connectivity index (χ3v) is 6.79. The Kier molecular flexibility index (Phi) is 7.04. The van der Waals surface area contributed by atoms with Gasteiger partial charge in [0.1, 0.15) is 17.1 Å². The second kappa shape index (κ2) is 10.7. The lowest BCUT2D eigenvalue weighted by molar-refractivity contribution is -0.121. The molecule has 0 saturated carbocycles. The molecule has 0 spiro atoms. The molecule has 4 aromatic heterocycles. The van der Waals surface area contributed by atoms with Crippen molar-refractivity contribution in [2.24, 2.45) is 0 Å². The number of nitrogens with zero attached hydrogens (tertiary/aromatic N) is 5. The molecule has 0 atom stereocenters. The number of benzene rings is 1. The van der Waals surface area contributed by atoms with Crippen LogP contribution in [0, 0.1) is 0 Å². The van der Waals surface area contributed by atoms with Crippen LogP contribution >= 0.6 is 11.3 Å². The maximum atomic E-state index is 12.3. The molecule has 180 valence electrons. The highest BCUT2D eigenvalue weighted by molar-refractivity contribution is 7.09. The lowest BCUT2D eigenvalue weighted by Gasteiger charge is -2.05. The van der Waals surface area contributed by atoms with Crippen LogP contribution in [0.2, 0.25) is 0 Å². The number of aromatic nitrogens is 5. The molecule has 1 amide bonds. The fourth-order valence-corrected chi connectivity index (χ4v) is 4.63. The molecule has 0 bridgehead atoms. The molecular weight excluding hydrogens is 460 g/mol. The predicted octanol–water partition coefficient (Wildman–Crippen LogP) is 4.58. The van der Waals surface area contributed by atoms with Crippen LogP contribution in [0.4, 0.5) is 0 Å². The zero-order valence-electron chi connectivity index (χ0n) is 19.7. The summed E-state index contributed by atoms with van der Waals surface area (Å²) in [6.45, 7) is 3.52. The minimum Gasteiger partial charge on any atom is -0.494 e. The quantitative estimate of drug-likeness (QED) is 0.275. The second-order valence-corrected chi connectivity index (χ2v) is 9.41. The van der Waals surface area contributed by atoms with Gasteiger partial charge >= 0.3 is 0 Å².